The summed E-state index contributed by atoms with van der Waals surface area (Å²) < 4.78 is 1.65. The van der Waals surface area contributed by atoms with Gasteiger partial charge in [-0.2, -0.15) is 5.10 Å². The van der Waals surface area contributed by atoms with Gasteiger partial charge in [-0.15, -0.1) is 0 Å². The Kier molecular flexibility index (Phi) is 3.00. The summed E-state index contributed by atoms with van der Waals surface area (Å²) in [5.41, 5.74) is 0. The highest BCUT2D eigenvalue weighted by molar-refractivity contribution is 4.79. The van der Waals surface area contributed by atoms with Crippen LogP contribution in [0.4, 0.5) is 0 Å². The summed E-state index contributed by atoms with van der Waals surface area (Å²) in [6.45, 7) is 1.34. The molecule has 0 saturated carbocycles. The maximum Gasteiger partial charge on any atom is 0.164 e. The molecule has 11 heavy (non-hydrogen) atoms. The molecule has 1 aromatic heterocycles. The van der Waals surface area contributed by atoms with Crippen LogP contribution in [0.1, 0.15) is 5.82 Å². The molecule has 0 aliphatic rings. The normalized spacial score (nSPS) is 10.4. The van der Waals surface area contributed by atoms with Crippen molar-refractivity contribution in [3.8, 4) is 0 Å². The molecule has 1 heterocycles. The zero-order valence-electron chi connectivity index (χ0n) is 6.49. The Balaban J connectivity index is 2.27. The van der Waals surface area contributed by atoms with Crippen LogP contribution in [0.25, 0.3) is 0 Å². The molecule has 0 saturated heterocycles. The highest BCUT2D eigenvalue weighted by Crippen LogP contribution is 1.85. The van der Waals surface area contributed by atoms with Gasteiger partial charge in [-0.3, -0.25) is 4.68 Å². The number of hydrogen-bond donors (Lipinski definition) is 2. The van der Waals surface area contributed by atoms with Crippen molar-refractivity contribution in [2.24, 2.45) is 7.05 Å². The molecule has 1 aromatic rings. The molecule has 0 atom stereocenters. The lowest BCUT2D eigenvalue weighted by atomic mass is 10.6. The lowest BCUT2D eigenvalue weighted by Crippen LogP contribution is -2.18. The van der Waals surface area contributed by atoms with Crippen LogP contribution in [0.2, 0.25) is 0 Å². The number of aromatic nitrogens is 3. The second-order valence-electron chi connectivity index (χ2n) is 2.23. The van der Waals surface area contributed by atoms with Crippen molar-refractivity contribution >= 4 is 0 Å². The molecule has 0 amide bonds. The van der Waals surface area contributed by atoms with Crippen molar-refractivity contribution in [3.63, 3.8) is 0 Å². The third-order valence-electron chi connectivity index (χ3n) is 1.22. The quantitative estimate of drug-likeness (QED) is 0.543. The number of hydrogen-bond acceptors (Lipinski definition) is 4. The number of nitrogens with zero attached hydrogens (tertiary/aromatic N) is 3. The Morgan fingerprint density at radius 2 is 2.55 bits per heavy atom. The van der Waals surface area contributed by atoms with Crippen LogP contribution in [0.3, 0.4) is 0 Å². The second-order valence-corrected chi connectivity index (χ2v) is 2.23. The lowest BCUT2D eigenvalue weighted by molar-refractivity contribution is 0.291. The van der Waals surface area contributed by atoms with E-state index in [4.69, 9.17) is 5.11 Å². The van der Waals surface area contributed by atoms with Gasteiger partial charge in [0.2, 0.25) is 0 Å². The van der Waals surface area contributed by atoms with Crippen LogP contribution in [0.15, 0.2) is 6.33 Å². The summed E-state index contributed by atoms with van der Waals surface area (Å²) in [5, 5.41) is 15.5. The van der Waals surface area contributed by atoms with Crippen LogP contribution in [-0.2, 0) is 13.6 Å². The van der Waals surface area contributed by atoms with Gasteiger partial charge in [0.05, 0.1) is 13.2 Å². The largest absolute Gasteiger partial charge is 0.395 e. The van der Waals surface area contributed by atoms with Crippen molar-refractivity contribution in [2.45, 2.75) is 6.54 Å². The van der Waals surface area contributed by atoms with Crippen molar-refractivity contribution in [1.29, 1.82) is 0 Å². The molecule has 0 unspecified atom stereocenters. The molecule has 0 bridgehead atoms. The van der Waals surface area contributed by atoms with Gasteiger partial charge in [-0.25, -0.2) is 4.98 Å². The Hall–Kier alpha value is -0.940. The molecule has 0 aromatic carbocycles. The first-order chi connectivity index (χ1) is 5.33. The fourth-order valence-corrected chi connectivity index (χ4v) is 0.744. The number of rotatable bonds is 4. The van der Waals surface area contributed by atoms with Gasteiger partial charge >= 0.3 is 0 Å². The summed E-state index contributed by atoms with van der Waals surface area (Å²) in [7, 11) is 1.82. The third kappa shape index (κ3) is 2.65. The van der Waals surface area contributed by atoms with Gasteiger partial charge in [0.1, 0.15) is 6.33 Å². The first kappa shape index (κ1) is 8.16. The molecule has 0 aliphatic heterocycles. The van der Waals surface area contributed by atoms with Gasteiger partial charge < -0.3 is 10.4 Å². The first-order valence-electron chi connectivity index (χ1n) is 3.49. The second kappa shape index (κ2) is 4.05. The van der Waals surface area contributed by atoms with E-state index < -0.39 is 0 Å². The van der Waals surface area contributed by atoms with E-state index in [-0.39, 0.29) is 6.61 Å². The number of nitrogens with one attached hydrogen (secondary N) is 1. The van der Waals surface area contributed by atoms with Crippen LogP contribution < -0.4 is 5.32 Å². The molecule has 0 radical (unpaired) electrons. The molecule has 0 fully saturated rings. The summed E-state index contributed by atoms with van der Waals surface area (Å²) in [6.07, 6.45) is 1.65. The van der Waals surface area contributed by atoms with Gasteiger partial charge in [0.15, 0.2) is 5.82 Å². The minimum absolute atomic E-state index is 0.146. The Labute approximate surface area is 65.1 Å². The summed E-state index contributed by atoms with van der Waals surface area (Å²) >= 11 is 0. The van der Waals surface area contributed by atoms with Crippen LogP contribution >= 0.6 is 0 Å². The molecular weight excluding hydrogens is 144 g/mol. The monoisotopic (exact) mass is 156 g/mol. The predicted octanol–water partition coefficient (Wildman–Crippen LogP) is -1.10. The predicted molar refractivity (Wildman–Crippen MR) is 39.8 cm³/mol. The maximum absolute atomic E-state index is 8.44. The highest BCUT2D eigenvalue weighted by Gasteiger charge is 1.95. The van der Waals surface area contributed by atoms with Crippen molar-refractivity contribution in [2.75, 3.05) is 13.2 Å². The number of aliphatic hydroxyl groups excluding tert-OH is 1. The molecule has 5 heteroatoms. The van der Waals surface area contributed by atoms with E-state index in [0.29, 0.717) is 13.1 Å². The lowest BCUT2D eigenvalue weighted by Gasteiger charge is -1.96. The molecule has 2 N–H and O–H groups in total. The van der Waals surface area contributed by atoms with E-state index in [1.807, 2.05) is 7.05 Å². The van der Waals surface area contributed by atoms with Gasteiger partial charge in [-0.05, 0) is 0 Å². The summed E-state index contributed by atoms with van der Waals surface area (Å²) in [6, 6.07) is 0. The molecule has 0 aliphatic carbocycles. The zero-order valence-corrected chi connectivity index (χ0v) is 6.49. The number of aliphatic hydroxyl groups is 1. The van der Waals surface area contributed by atoms with E-state index in [2.05, 4.69) is 15.4 Å². The van der Waals surface area contributed by atoms with E-state index in [9.17, 15) is 0 Å². The molecule has 0 spiro atoms. The highest BCUT2D eigenvalue weighted by atomic mass is 16.3. The van der Waals surface area contributed by atoms with Gasteiger partial charge in [0, 0.05) is 13.6 Å². The summed E-state index contributed by atoms with van der Waals surface area (Å²) in [5.74, 6) is 0.751. The van der Waals surface area contributed by atoms with E-state index in [1.54, 1.807) is 11.0 Å². The standard InChI is InChI=1S/C6H12N4O/c1-10-5-8-6(9-10)4-7-2-3-11/h5,7,11H,2-4H2,1H3. The SMILES string of the molecule is Cn1cnc(CNCCO)n1. The zero-order chi connectivity index (χ0) is 8.10. The topological polar surface area (TPSA) is 63.0 Å². The number of aryl methyl sites for hydroxylation is 1. The van der Waals surface area contributed by atoms with Crippen molar-refractivity contribution in [1.82, 2.24) is 20.1 Å². The summed E-state index contributed by atoms with van der Waals surface area (Å²) in [4.78, 5) is 4.00. The van der Waals surface area contributed by atoms with Gasteiger partial charge in [-0.1, -0.05) is 0 Å². The van der Waals surface area contributed by atoms with Crippen LogP contribution in [0.5, 0.6) is 0 Å². The fourth-order valence-electron chi connectivity index (χ4n) is 0.744. The average Bonchev–Trinajstić information content (AvgIpc) is 2.37. The van der Waals surface area contributed by atoms with Crippen LogP contribution in [-0.4, -0.2) is 33.0 Å². The average molecular weight is 156 g/mol. The smallest absolute Gasteiger partial charge is 0.164 e. The van der Waals surface area contributed by atoms with E-state index in [1.165, 1.54) is 0 Å². The Morgan fingerprint density at radius 3 is 3.09 bits per heavy atom. The molecule has 5 nitrogen and oxygen atoms in total. The fraction of sp³-hybridized carbons (Fsp3) is 0.667. The molecule has 1 rings (SSSR count). The molecule has 62 valence electrons. The van der Waals surface area contributed by atoms with E-state index >= 15 is 0 Å². The van der Waals surface area contributed by atoms with Crippen LogP contribution in [0, 0.1) is 0 Å². The van der Waals surface area contributed by atoms with Crippen molar-refractivity contribution < 1.29 is 5.11 Å². The minimum Gasteiger partial charge on any atom is -0.395 e. The Morgan fingerprint density at radius 1 is 1.73 bits per heavy atom. The molecular formula is C6H12N4O. The van der Waals surface area contributed by atoms with Gasteiger partial charge in [0.25, 0.3) is 0 Å². The maximum atomic E-state index is 8.44. The van der Waals surface area contributed by atoms with Crippen molar-refractivity contribution in [3.05, 3.63) is 12.2 Å². The first-order valence-corrected chi connectivity index (χ1v) is 3.49. The minimum atomic E-state index is 0.146. The van der Waals surface area contributed by atoms with E-state index in [0.717, 1.165) is 5.82 Å². The third-order valence-corrected chi connectivity index (χ3v) is 1.22. The Bertz CT molecular complexity index is 210.